The molecule has 0 atom stereocenters. The van der Waals surface area contributed by atoms with E-state index in [1.165, 1.54) is 100 Å². The second-order valence-electron chi connectivity index (χ2n) is 30.5. The molecule has 127 heavy (non-hydrogen) atoms. The van der Waals surface area contributed by atoms with Crippen LogP contribution < -0.4 is 5.46 Å². The molecular formula is C107H68BBr3Cl4N6O6. The van der Waals surface area contributed by atoms with E-state index in [9.17, 15) is 20.2 Å². The van der Waals surface area contributed by atoms with Crippen molar-refractivity contribution in [3.05, 3.63) is 447 Å². The number of aromatic amines is 1. The number of benzene rings is 19. The van der Waals surface area contributed by atoms with Crippen LogP contribution in [0.2, 0.25) is 20.1 Å². The molecule has 4 heterocycles. The normalized spacial score (nSPS) is 11.4. The number of hydrogen-bond acceptors (Lipinski definition) is 6. The Morgan fingerprint density at radius 3 is 1.28 bits per heavy atom. The maximum absolute atomic E-state index is 11.6. The van der Waals surface area contributed by atoms with Crippen LogP contribution in [0.15, 0.2) is 396 Å². The summed E-state index contributed by atoms with van der Waals surface area (Å²) in [6.45, 7) is 0. The fraction of sp³-hybridized carbons (Fsp3) is 0.00935. The SMILES string of the molecule is Brc1cccc2c1-c1ccccc1C2.Clc1c(-n2c3ccccc3c3c4[nH]c5ccccc5c4ccc32)ccc2ccccc12.Clc1c(-n2c3ccccc3c3cc(Br)ccc32)ccc2ccccc12.Clc1c(Br)ccc2ccccc12.O=[N+]([O-])c1ccccc1-c1ccc2c(c1)c1ccccc1n2-c1ccc2ccccc2c1Cl.O=[N+]([O-])c1ccccc1B(O)O. The summed E-state index contributed by atoms with van der Waals surface area (Å²) in [5, 5.41) is 60.6. The molecule has 19 aromatic carbocycles. The van der Waals surface area contributed by atoms with Crippen molar-refractivity contribution in [1.82, 2.24) is 18.7 Å². The number of fused-ring (bicyclic) bond motifs is 20. The zero-order chi connectivity index (χ0) is 87.3. The van der Waals surface area contributed by atoms with Gasteiger partial charge in [-0.3, -0.25) is 20.2 Å². The van der Waals surface area contributed by atoms with Gasteiger partial charge in [0.25, 0.3) is 11.4 Å². The third kappa shape index (κ3) is 15.7. The number of nitro groups is 2. The lowest BCUT2D eigenvalue weighted by Crippen LogP contribution is -2.31. The minimum absolute atomic E-state index is 0.0949. The molecule has 0 spiro atoms. The first-order valence-corrected chi connectivity index (χ1v) is 44.5. The largest absolute Gasteiger partial charge is 0.495 e. The zero-order valence-corrected chi connectivity index (χ0v) is 74.8. The fourth-order valence-corrected chi connectivity index (χ4v) is 20.0. The molecule has 20 heteroatoms. The molecule has 23 aromatic rings. The zero-order valence-electron chi connectivity index (χ0n) is 67.1. The van der Waals surface area contributed by atoms with Crippen LogP contribution in [-0.2, 0) is 6.42 Å². The van der Waals surface area contributed by atoms with Gasteiger partial charge >= 0.3 is 7.12 Å². The van der Waals surface area contributed by atoms with Gasteiger partial charge in [0.2, 0.25) is 0 Å². The highest BCUT2D eigenvalue weighted by Crippen LogP contribution is 2.46. The third-order valence-corrected chi connectivity index (χ3v) is 26.9. The summed E-state index contributed by atoms with van der Waals surface area (Å²) in [5.74, 6) is 0. The quantitative estimate of drug-likeness (QED) is 0.0819. The Morgan fingerprint density at radius 1 is 0.323 bits per heavy atom. The summed E-state index contributed by atoms with van der Waals surface area (Å²) in [7, 11) is -1.80. The molecule has 0 aliphatic heterocycles. The molecule has 24 rings (SSSR count). The van der Waals surface area contributed by atoms with Crippen LogP contribution >= 0.6 is 94.2 Å². The Labute approximate surface area is 773 Å². The highest BCUT2D eigenvalue weighted by molar-refractivity contribution is 9.11. The molecule has 12 nitrogen and oxygen atoms in total. The molecule has 0 saturated heterocycles. The van der Waals surface area contributed by atoms with E-state index >= 15 is 0 Å². The summed E-state index contributed by atoms with van der Waals surface area (Å²) >= 11 is 37.4. The average Bonchev–Trinajstić information content (AvgIpc) is 1.56. The second kappa shape index (κ2) is 35.7. The van der Waals surface area contributed by atoms with Crippen LogP contribution in [0.3, 0.4) is 0 Å². The molecule has 3 N–H and O–H groups in total. The molecule has 1 aliphatic rings. The first kappa shape index (κ1) is 83.4. The number of para-hydroxylation sites is 6. The van der Waals surface area contributed by atoms with Crippen molar-refractivity contribution >= 4 is 248 Å². The number of aromatic nitrogens is 4. The van der Waals surface area contributed by atoms with Crippen LogP contribution in [0.5, 0.6) is 0 Å². The van der Waals surface area contributed by atoms with Gasteiger partial charge in [0.15, 0.2) is 0 Å². The average molecular weight is 1930 g/mol. The number of nitro benzene ring substituents is 2. The van der Waals surface area contributed by atoms with Gasteiger partial charge in [0.1, 0.15) is 0 Å². The first-order chi connectivity index (χ1) is 62.0. The van der Waals surface area contributed by atoms with Crippen molar-refractivity contribution in [3.63, 3.8) is 0 Å². The maximum Gasteiger partial charge on any atom is 0.495 e. The molecule has 0 radical (unpaired) electrons. The molecule has 614 valence electrons. The van der Waals surface area contributed by atoms with Crippen molar-refractivity contribution in [2.45, 2.75) is 6.42 Å². The molecule has 0 amide bonds. The monoisotopic (exact) mass is 1920 g/mol. The lowest BCUT2D eigenvalue weighted by atomic mass is 9.79. The highest BCUT2D eigenvalue weighted by atomic mass is 79.9. The van der Waals surface area contributed by atoms with Gasteiger partial charge in [-0.15, -0.1) is 0 Å². The Kier molecular flexibility index (Phi) is 23.4. The maximum atomic E-state index is 11.6. The number of H-pyrrole nitrogens is 1. The summed E-state index contributed by atoms with van der Waals surface area (Å²) < 4.78 is 9.95. The number of rotatable bonds is 7. The van der Waals surface area contributed by atoms with E-state index in [2.05, 4.69) is 285 Å². The molecule has 0 saturated carbocycles. The van der Waals surface area contributed by atoms with E-state index < -0.39 is 12.0 Å². The summed E-state index contributed by atoms with van der Waals surface area (Å²) in [6, 6.07) is 127. The summed E-state index contributed by atoms with van der Waals surface area (Å²) in [6.07, 6.45) is 1.07. The van der Waals surface area contributed by atoms with Gasteiger partial charge in [0.05, 0.1) is 96.6 Å². The third-order valence-electron chi connectivity index (χ3n) is 23.3. The van der Waals surface area contributed by atoms with Crippen molar-refractivity contribution in [2.75, 3.05) is 0 Å². The standard InChI is InChI=1S/C28H17ClN2O2.C28H17ClN2.C22H13BrClN.C13H9Br.C10H6BrCl.C6H6BNO4/c29-28-21-9-2-1-7-18(21)13-16-27(28)30-24-11-5-4-10-22(24)23-17-19(14-15-25(23)30)20-8-3-6-12-26(20)31(32)33;29-27-18-8-2-1-7-17(18)13-15-25(27)31-23-12-6-4-10-21(23)26-24(31)16-14-20-19-9-3-5-11-22(19)30-28(20)26;23-15-10-12-20-18(13-15)17-7-3-4-8-19(17)25(20)21-11-9-14-5-1-2-6-16(14)22(21)24;14-12-7-3-5-10-8-9-4-1-2-6-11(9)13(10)12;11-9-6-5-7-3-1-2-4-8(7)10(9)12;9-7(10)5-3-1-2-4-6(5)8(11)12/h1-17H;1-16,30H;1-13H;1-7H,8H2;1-6H;1-4,9-10H. The number of nitrogens with zero attached hydrogens (tertiary/aromatic N) is 5. The van der Waals surface area contributed by atoms with Gasteiger partial charge < -0.3 is 28.7 Å². The smallest absolute Gasteiger partial charge is 0.423 e. The van der Waals surface area contributed by atoms with E-state index in [1.54, 1.807) is 12.1 Å². The van der Waals surface area contributed by atoms with Gasteiger partial charge in [0, 0.05) is 95.7 Å². The minimum Gasteiger partial charge on any atom is -0.423 e. The van der Waals surface area contributed by atoms with Gasteiger partial charge in [-0.2, -0.15) is 0 Å². The Balaban J connectivity index is 0.000000104. The number of hydrogen-bond donors (Lipinski definition) is 3. The van der Waals surface area contributed by atoms with Gasteiger partial charge in [-0.05, 0) is 169 Å². The van der Waals surface area contributed by atoms with E-state index in [0.717, 1.165) is 140 Å². The highest BCUT2D eigenvalue weighted by Gasteiger charge is 2.26. The van der Waals surface area contributed by atoms with Gasteiger partial charge in [-0.25, -0.2) is 0 Å². The van der Waals surface area contributed by atoms with Crippen LogP contribution in [0.1, 0.15) is 11.1 Å². The van der Waals surface area contributed by atoms with Crippen molar-refractivity contribution < 1.29 is 19.9 Å². The van der Waals surface area contributed by atoms with Crippen LogP contribution in [0.4, 0.5) is 11.4 Å². The van der Waals surface area contributed by atoms with E-state index in [1.807, 2.05) is 121 Å². The van der Waals surface area contributed by atoms with Crippen LogP contribution in [-0.4, -0.2) is 45.7 Å². The number of nitrogens with one attached hydrogen (secondary N) is 1. The van der Waals surface area contributed by atoms with Crippen molar-refractivity contribution in [2.24, 2.45) is 0 Å². The molecule has 0 fully saturated rings. The van der Waals surface area contributed by atoms with Crippen LogP contribution in [0.25, 0.3) is 170 Å². The second-order valence-corrected chi connectivity index (χ2v) is 34.7. The Hall–Kier alpha value is -13.2. The lowest BCUT2D eigenvalue weighted by Gasteiger charge is -2.12. The molecule has 1 aliphatic carbocycles. The van der Waals surface area contributed by atoms with E-state index in [-0.39, 0.29) is 21.8 Å². The Bertz CT molecular complexity index is 8340. The van der Waals surface area contributed by atoms with Crippen molar-refractivity contribution in [1.29, 1.82) is 0 Å². The molecular weight excluding hydrogens is 1860 g/mol. The fourth-order valence-electron chi connectivity index (χ4n) is 17.5. The summed E-state index contributed by atoms with van der Waals surface area (Å²) in [4.78, 5) is 24.6. The van der Waals surface area contributed by atoms with Crippen LogP contribution in [0, 0.1) is 20.2 Å². The first-order valence-electron chi connectivity index (χ1n) is 40.6. The topological polar surface area (TPSA) is 157 Å². The predicted octanol–water partition coefficient (Wildman–Crippen LogP) is 31.3. The molecule has 4 aromatic heterocycles. The Morgan fingerprint density at radius 2 is 0.732 bits per heavy atom. The van der Waals surface area contributed by atoms with Gasteiger partial charge in [-0.1, -0.05) is 351 Å². The number of halogens is 7. The summed E-state index contributed by atoms with van der Waals surface area (Å²) in [5.41, 5.74) is 18.6. The predicted molar refractivity (Wildman–Crippen MR) is 541 cm³/mol. The van der Waals surface area contributed by atoms with E-state index in [0.29, 0.717) is 10.6 Å². The lowest BCUT2D eigenvalue weighted by molar-refractivity contribution is -0.384. The molecule has 0 unspecified atom stereocenters. The minimum atomic E-state index is -1.80. The molecule has 0 bridgehead atoms. The van der Waals surface area contributed by atoms with Crippen molar-refractivity contribution in [3.8, 4) is 39.3 Å². The van der Waals surface area contributed by atoms with E-state index in [4.69, 9.17) is 56.5 Å².